The van der Waals surface area contributed by atoms with Gasteiger partial charge in [-0.1, -0.05) is 32.0 Å². The molecule has 0 aromatic heterocycles. The van der Waals surface area contributed by atoms with Crippen molar-refractivity contribution in [3.63, 3.8) is 0 Å². The van der Waals surface area contributed by atoms with Crippen molar-refractivity contribution in [3.05, 3.63) is 29.8 Å². The van der Waals surface area contributed by atoms with Gasteiger partial charge in [-0.25, -0.2) is 0 Å². The molecule has 1 aromatic rings. The predicted octanol–water partition coefficient (Wildman–Crippen LogP) is 3.61. The molecule has 1 N–H and O–H groups in total. The summed E-state index contributed by atoms with van der Waals surface area (Å²) in [7, 11) is 0. The second-order valence-electron chi connectivity index (χ2n) is 5.24. The fourth-order valence-corrected chi connectivity index (χ4v) is 3.80. The maximum absolute atomic E-state index is 3.82. The number of fused-ring (bicyclic) bond motifs is 1. The van der Waals surface area contributed by atoms with E-state index in [-0.39, 0.29) is 0 Å². The molecule has 2 heteroatoms. The normalized spacial score (nSPS) is 36.9. The van der Waals surface area contributed by atoms with Gasteiger partial charge in [0.15, 0.2) is 0 Å². The minimum absolute atomic E-state index is 0.586. The zero-order chi connectivity index (χ0) is 11.1. The molecule has 1 aromatic carbocycles. The van der Waals surface area contributed by atoms with E-state index in [4.69, 9.17) is 0 Å². The summed E-state index contributed by atoms with van der Waals surface area (Å²) >= 11 is 2.02. The molecular formula is C14H19NS. The van der Waals surface area contributed by atoms with E-state index in [9.17, 15) is 0 Å². The summed E-state index contributed by atoms with van der Waals surface area (Å²) in [4.78, 5) is 1.48. The Balaban J connectivity index is 1.82. The number of nitrogens with one attached hydrogen (secondary N) is 1. The molecule has 0 amide bonds. The first kappa shape index (κ1) is 10.7. The van der Waals surface area contributed by atoms with Crippen LogP contribution in [-0.2, 0) is 0 Å². The van der Waals surface area contributed by atoms with E-state index in [1.54, 1.807) is 0 Å². The SMILES string of the molecule is CC1CC(NC2CC2C)c2ccccc2S1. The molecule has 0 spiro atoms. The Kier molecular flexibility index (Phi) is 2.72. The molecule has 1 aliphatic carbocycles. The highest BCUT2D eigenvalue weighted by atomic mass is 32.2. The third kappa shape index (κ3) is 2.01. The van der Waals surface area contributed by atoms with Crippen LogP contribution >= 0.6 is 11.8 Å². The van der Waals surface area contributed by atoms with Crippen molar-refractivity contribution in [3.8, 4) is 0 Å². The van der Waals surface area contributed by atoms with Crippen LogP contribution in [0.1, 0.15) is 38.3 Å². The van der Waals surface area contributed by atoms with Gasteiger partial charge in [0.2, 0.25) is 0 Å². The van der Waals surface area contributed by atoms with Crippen LogP contribution in [0.15, 0.2) is 29.2 Å². The maximum Gasteiger partial charge on any atom is 0.0344 e. The van der Waals surface area contributed by atoms with Crippen LogP contribution in [0.5, 0.6) is 0 Å². The van der Waals surface area contributed by atoms with Crippen molar-refractivity contribution >= 4 is 11.8 Å². The molecule has 0 radical (unpaired) electrons. The zero-order valence-electron chi connectivity index (χ0n) is 9.94. The first-order chi connectivity index (χ1) is 7.74. The number of thioether (sulfide) groups is 1. The molecule has 1 nitrogen and oxygen atoms in total. The first-order valence-corrected chi connectivity index (χ1v) is 7.13. The quantitative estimate of drug-likeness (QED) is 0.837. The Hall–Kier alpha value is -0.470. The van der Waals surface area contributed by atoms with Crippen molar-refractivity contribution in [1.29, 1.82) is 0 Å². The minimum atomic E-state index is 0.586. The van der Waals surface area contributed by atoms with E-state index >= 15 is 0 Å². The van der Waals surface area contributed by atoms with Crippen LogP contribution in [0.25, 0.3) is 0 Å². The highest BCUT2D eigenvalue weighted by molar-refractivity contribution is 8.00. The number of rotatable bonds is 2. The third-order valence-corrected chi connectivity index (χ3v) is 4.94. The summed E-state index contributed by atoms with van der Waals surface area (Å²) in [5.74, 6) is 0.886. The lowest BCUT2D eigenvalue weighted by atomic mass is 10.0. The molecule has 1 aliphatic heterocycles. The lowest BCUT2D eigenvalue weighted by Crippen LogP contribution is -2.29. The van der Waals surface area contributed by atoms with E-state index in [0.29, 0.717) is 6.04 Å². The van der Waals surface area contributed by atoms with Crippen LogP contribution in [-0.4, -0.2) is 11.3 Å². The van der Waals surface area contributed by atoms with Crippen LogP contribution in [0, 0.1) is 5.92 Å². The summed E-state index contributed by atoms with van der Waals surface area (Å²) in [5.41, 5.74) is 1.52. The fraction of sp³-hybridized carbons (Fsp3) is 0.571. The van der Waals surface area contributed by atoms with Gasteiger partial charge < -0.3 is 5.32 Å². The van der Waals surface area contributed by atoms with Gasteiger partial charge >= 0.3 is 0 Å². The van der Waals surface area contributed by atoms with Gasteiger partial charge in [0.05, 0.1) is 0 Å². The molecular weight excluding hydrogens is 214 g/mol. The van der Waals surface area contributed by atoms with E-state index in [0.717, 1.165) is 17.2 Å². The van der Waals surface area contributed by atoms with Gasteiger partial charge in [-0.15, -0.1) is 11.8 Å². The molecule has 86 valence electrons. The second kappa shape index (κ2) is 4.08. The Morgan fingerprint density at radius 1 is 1.19 bits per heavy atom. The van der Waals surface area contributed by atoms with Gasteiger partial charge in [-0.05, 0) is 30.4 Å². The Bertz CT molecular complexity index is 390. The standard InChI is InChI=1S/C14H19NS/c1-9-7-12(9)15-13-8-10(2)16-14-6-4-3-5-11(13)14/h3-6,9-10,12-13,15H,7-8H2,1-2H3. The van der Waals surface area contributed by atoms with Crippen molar-refractivity contribution < 1.29 is 0 Å². The number of hydrogen-bond donors (Lipinski definition) is 1. The molecule has 3 rings (SSSR count). The van der Waals surface area contributed by atoms with E-state index < -0.39 is 0 Å². The molecule has 1 saturated carbocycles. The van der Waals surface area contributed by atoms with E-state index in [1.807, 2.05) is 11.8 Å². The second-order valence-corrected chi connectivity index (χ2v) is 6.72. The number of hydrogen-bond acceptors (Lipinski definition) is 2. The van der Waals surface area contributed by atoms with Crippen molar-refractivity contribution in [2.45, 2.75) is 48.9 Å². The third-order valence-electron chi connectivity index (χ3n) is 3.71. The largest absolute Gasteiger partial charge is 0.307 e. The van der Waals surface area contributed by atoms with Crippen LogP contribution < -0.4 is 5.32 Å². The van der Waals surface area contributed by atoms with Gasteiger partial charge in [0.25, 0.3) is 0 Å². The molecule has 16 heavy (non-hydrogen) atoms. The molecule has 1 fully saturated rings. The maximum atomic E-state index is 3.82. The summed E-state index contributed by atoms with van der Waals surface area (Å²) in [5, 5.41) is 4.55. The Labute approximate surface area is 102 Å². The topological polar surface area (TPSA) is 12.0 Å². The van der Waals surface area contributed by atoms with E-state index in [1.165, 1.54) is 23.3 Å². The predicted molar refractivity (Wildman–Crippen MR) is 69.8 cm³/mol. The van der Waals surface area contributed by atoms with Crippen LogP contribution in [0.2, 0.25) is 0 Å². The zero-order valence-corrected chi connectivity index (χ0v) is 10.8. The summed E-state index contributed by atoms with van der Waals surface area (Å²) in [6.07, 6.45) is 2.63. The monoisotopic (exact) mass is 233 g/mol. The Morgan fingerprint density at radius 3 is 2.69 bits per heavy atom. The van der Waals surface area contributed by atoms with Crippen molar-refractivity contribution in [2.24, 2.45) is 5.92 Å². The highest BCUT2D eigenvalue weighted by Gasteiger charge is 2.36. The molecule has 2 aliphatic rings. The van der Waals surface area contributed by atoms with Crippen LogP contribution in [0.4, 0.5) is 0 Å². The average molecular weight is 233 g/mol. The summed E-state index contributed by atoms with van der Waals surface area (Å²) in [6, 6.07) is 10.2. The van der Waals surface area contributed by atoms with E-state index in [2.05, 4.69) is 43.4 Å². The smallest absolute Gasteiger partial charge is 0.0344 e. The highest BCUT2D eigenvalue weighted by Crippen LogP contribution is 2.42. The fourth-order valence-electron chi connectivity index (χ4n) is 2.57. The molecule has 1 heterocycles. The molecule has 4 atom stereocenters. The average Bonchev–Trinajstić information content (AvgIpc) is 2.94. The lowest BCUT2D eigenvalue weighted by Gasteiger charge is -2.30. The molecule has 4 unspecified atom stereocenters. The first-order valence-electron chi connectivity index (χ1n) is 6.25. The molecule has 0 saturated heterocycles. The summed E-state index contributed by atoms with van der Waals surface area (Å²) in [6.45, 7) is 4.68. The molecule has 0 bridgehead atoms. The Morgan fingerprint density at radius 2 is 1.94 bits per heavy atom. The summed E-state index contributed by atoms with van der Waals surface area (Å²) < 4.78 is 0. The van der Waals surface area contributed by atoms with Crippen molar-refractivity contribution in [2.75, 3.05) is 0 Å². The lowest BCUT2D eigenvalue weighted by molar-refractivity contribution is 0.472. The van der Waals surface area contributed by atoms with Gasteiger partial charge in [0, 0.05) is 22.2 Å². The van der Waals surface area contributed by atoms with Gasteiger partial charge in [0.1, 0.15) is 0 Å². The van der Waals surface area contributed by atoms with Crippen LogP contribution in [0.3, 0.4) is 0 Å². The number of benzene rings is 1. The van der Waals surface area contributed by atoms with Crippen molar-refractivity contribution in [1.82, 2.24) is 5.32 Å². The minimum Gasteiger partial charge on any atom is -0.307 e. The van der Waals surface area contributed by atoms with Gasteiger partial charge in [-0.3, -0.25) is 0 Å². The van der Waals surface area contributed by atoms with Gasteiger partial charge in [-0.2, -0.15) is 0 Å².